The number of benzene rings is 3. The summed E-state index contributed by atoms with van der Waals surface area (Å²) >= 11 is 0. The third kappa shape index (κ3) is 4.08. The maximum absolute atomic E-state index is 13.4. The molecule has 0 bridgehead atoms. The van der Waals surface area contributed by atoms with E-state index in [1.165, 1.54) is 6.08 Å². The molecule has 30 heavy (non-hydrogen) atoms. The van der Waals surface area contributed by atoms with E-state index in [1.807, 2.05) is 91.0 Å². The maximum atomic E-state index is 13.4. The van der Waals surface area contributed by atoms with Gasteiger partial charge in [0.05, 0.1) is 6.61 Å². The lowest BCUT2D eigenvalue weighted by Crippen LogP contribution is -2.37. The van der Waals surface area contributed by atoms with E-state index in [4.69, 9.17) is 4.74 Å². The molecule has 3 aromatic rings. The van der Waals surface area contributed by atoms with Gasteiger partial charge in [-0.15, -0.1) is 0 Å². The molecule has 0 saturated carbocycles. The molecule has 0 aliphatic carbocycles. The summed E-state index contributed by atoms with van der Waals surface area (Å²) in [6, 6.07) is 29.4. The first-order valence-corrected chi connectivity index (χ1v) is 11.7. The molecule has 0 fully saturated rings. The molecule has 0 unspecified atom stereocenters. The van der Waals surface area contributed by atoms with Gasteiger partial charge in [-0.1, -0.05) is 97.1 Å². The van der Waals surface area contributed by atoms with Gasteiger partial charge in [-0.05, 0) is 42.7 Å². The van der Waals surface area contributed by atoms with Crippen LogP contribution >= 0.6 is 6.89 Å². The van der Waals surface area contributed by atoms with Gasteiger partial charge in [-0.25, -0.2) is 4.79 Å². The van der Waals surface area contributed by atoms with E-state index < -0.39 is 12.9 Å². The van der Waals surface area contributed by atoms with Gasteiger partial charge in [0.15, 0.2) is 5.78 Å². The monoisotopic (exact) mass is 416 g/mol. The zero-order valence-corrected chi connectivity index (χ0v) is 18.1. The van der Waals surface area contributed by atoms with Gasteiger partial charge in [0.25, 0.3) is 0 Å². The van der Waals surface area contributed by atoms with Crippen LogP contribution in [0.25, 0.3) is 0 Å². The van der Waals surface area contributed by atoms with Crippen LogP contribution in [0, 0.1) is 0 Å². The highest BCUT2D eigenvalue weighted by Crippen LogP contribution is 2.46. The molecular formula is C26H25O3P. The molecule has 0 N–H and O–H groups in total. The number of ketones is 1. The molecule has 3 aromatic carbocycles. The number of rotatable bonds is 7. The third-order valence-electron chi connectivity index (χ3n) is 4.79. The van der Waals surface area contributed by atoms with Crippen molar-refractivity contribution in [1.82, 2.24) is 0 Å². The molecule has 0 spiro atoms. The van der Waals surface area contributed by atoms with Crippen molar-refractivity contribution in [2.75, 3.05) is 6.61 Å². The topological polar surface area (TPSA) is 43.4 Å². The highest BCUT2D eigenvalue weighted by atomic mass is 31.2. The predicted molar refractivity (Wildman–Crippen MR) is 127 cm³/mol. The van der Waals surface area contributed by atoms with Crippen molar-refractivity contribution in [3.05, 3.63) is 103 Å². The Kier molecular flexibility index (Phi) is 7.21. The third-order valence-corrected chi connectivity index (χ3v) is 9.08. The number of esters is 1. The lowest BCUT2D eigenvalue weighted by atomic mass is 10.2. The van der Waals surface area contributed by atoms with Crippen molar-refractivity contribution >= 4 is 39.8 Å². The summed E-state index contributed by atoms with van der Waals surface area (Å²) in [6.45, 7) is 0.930. The molecule has 0 amide bonds. The van der Waals surface area contributed by atoms with Gasteiger partial charge in [0, 0.05) is 0 Å². The highest BCUT2D eigenvalue weighted by molar-refractivity contribution is 7.97. The van der Waals surface area contributed by atoms with E-state index >= 15 is 0 Å². The van der Waals surface area contributed by atoms with Crippen LogP contribution in [0.15, 0.2) is 103 Å². The van der Waals surface area contributed by atoms with E-state index in [0.29, 0.717) is 0 Å². The Labute approximate surface area is 178 Å². The number of ether oxygens (including phenoxy) is 1. The van der Waals surface area contributed by atoms with Crippen molar-refractivity contribution in [2.45, 2.75) is 13.8 Å². The van der Waals surface area contributed by atoms with Crippen molar-refractivity contribution in [3.8, 4) is 0 Å². The van der Waals surface area contributed by atoms with E-state index in [-0.39, 0.29) is 17.7 Å². The molecular weight excluding hydrogens is 391 g/mol. The molecule has 152 valence electrons. The second-order valence-electron chi connectivity index (χ2n) is 6.61. The summed E-state index contributed by atoms with van der Waals surface area (Å²) in [6.07, 6.45) is 3.12. The summed E-state index contributed by atoms with van der Waals surface area (Å²) in [7, 11) is 0. The number of allylic oxidation sites excluding steroid dienone is 2. The van der Waals surface area contributed by atoms with Crippen LogP contribution in [0.1, 0.15) is 13.8 Å². The van der Waals surface area contributed by atoms with E-state index in [0.717, 1.165) is 15.9 Å². The zero-order chi connectivity index (χ0) is 21.4. The number of hydrogen-bond acceptors (Lipinski definition) is 3. The van der Waals surface area contributed by atoms with Crippen LogP contribution in [-0.4, -0.2) is 23.7 Å². The fourth-order valence-electron chi connectivity index (χ4n) is 3.62. The number of carbonyl (C=O) groups excluding carboxylic acids is 2. The van der Waals surface area contributed by atoms with E-state index in [2.05, 4.69) is 0 Å². The summed E-state index contributed by atoms with van der Waals surface area (Å²) in [4.78, 5) is 26.8. The average molecular weight is 416 g/mol. The second kappa shape index (κ2) is 10.0. The van der Waals surface area contributed by atoms with Crippen LogP contribution < -0.4 is 15.9 Å². The average Bonchev–Trinajstić information content (AvgIpc) is 2.79. The lowest BCUT2D eigenvalue weighted by Gasteiger charge is -2.31. The maximum Gasteiger partial charge on any atom is 0.343 e. The van der Waals surface area contributed by atoms with Crippen LogP contribution in [0.3, 0.4) is 0 Å². The molecule has 0 saturated heterocycles. The Morgan fingerprint density at radius 2 is 1.17 bits per heavy atom. The molecule has 0 aromatic heterocycles. The summed E-state index contributed by atoms with van der Waals surface area (Å²) in [5, 5.41) is 2.99. The highest BCUT2D eigenvalue weighted by Gasteiger charge is 2.36. The van der Waals surface area contributed by atoms with Gasteiger partial charge in [0.2, 0.25) is 0 Å². The molecule has 0 aliphatic rings. The quantitative estimate of drug-likeness (QED) is 0.254. The van der Waals surface area contributed by atoms with Gasteiger partial charge in [-0.2, -0.15) is 0 Å². The Morgan fingerprint density at radius 3 is 1.50 bits per heavy atom. The largest absolute Gasteiger partial charge is 0.462 e. The molecule has 0 aliphatic heterocycles. The van der Waals surface area contributed by atoms with Crippen LogP contribution in [0.4, 0.5) is 0 Å². The van der Waals surface area contributed by atoms with Crippen LogP contribution in [-0.2, 0) is 14.3 Å². The Bertz CT molecular complexity index is 981. The van der Waals surface area contributed by atoms with Crippen LogP contribution in [0.2, 0.25) is 0 Å². The summed E-state index contributed by atoms with van der Waals surface area (Å²) < 4.78 is 5.44. The molecule has 3 nitrogen and oxygen atoms in total. The van der Waals surface area contributed by atoms with Gasteiger partial charge >= 0.3 is 5.97 Å². The predicted octanol–water partition coefficient (Wildman–Crippen LogP) is 3.86. The fourth-order valence-corrected chi connectivity index (χ4v) is 7.89. The molecule has 4 heteroatoms. The van der Waals surface area contributed by atoms with Crippen molar-refractivity contribution in [1.29, 1.82) is 0 Å². The smallest absolute Gasteiger partial charge is 0.343 e. The zero-order valence-electron chi connectivity index (χ0n) is 17.2. The Balaban J connectivity index is 2.63. The normalized spacial score (nSPS) is 11.3. The number of carbonyl (C=O) groups is 2. The minimum atomic E-state index is -2.79. The van der Waals surface area contributed by atoms with Gasteiger partial charge < -0.3 is 4.74 Å². The lowest BCUT2D eigenvalue weighted by molar-refractivity contribution is -0.135. The fraction of sp³-hybridized carbons (Fsp3) is 0.115. The standard InChI is InChI=1S/C26H25O3P/c1-3-14-24(27)25(26(28)29-4-2)30(21-15-8-5-9-16-21,22-17-10-6-11-18-22)23-19-12-7-13-20-23/h3,5-20H,4H2,1-2H3. The first-order valence-electron chi connectivity index (χ1n) is 9.93. The van der Waals surface area contributed by atoms with Crippen molar-refractivity contribution in [3.63, 3.8) is 0 Å². The Morgan fingerprint density at radius 1 is 0.767 bits per heavy atom. The van der Waals surface area contributed by atoms with Crippen LogP contribution in [0.5, 0.6) is 0 Å². The minimum absolute atomic E-state index is 0.186. The molecule has 0 radical (unpaired) electrons. The molecule has 0 heterocycles. The molecule has 3 rings (SSSR count). The molecule has 0 atom stereocenters. The van der Waals surface area contributed by atoms with E-state index in [9.17, 15) is 9.59 Å². The SMILES string of the molecule is CC=CC(=O)C(C(=O)OCC)=P(c1ccccc1)(c1ccccc1)c1ccccc1. The Hall–Kier alpha value is -3.16. The number of hydrogen-bond donors (Lipinski definition) is 0. The second-order valence-corrected chi connectivity index (χ2v) is 9.95. The van der Waals surface area contributed by atoms with Gasteiger partial charge in [-0.3, -0.25) is 4.79 Å². The van der Waals surface area contributed by atoms with E-state index in [1.54, 1.807) is 19.9 Å². The summed E-state index contributed by atoms with van der Waals surface area (Å²) in [5.41, 5.74) is 0. The van der Waals surface area contributed by atoms with Crippen molar-refractivity contribution < 1.29 is 14.3 Å². The first-order chi connectivity index (χ1) is 14.7. The first kappa shape index (κ1) is 21.5. The minimum Gasteiger partial charge on any atom is -0.462 e. The summed E-state index contributed by atoms with van der Waals surface area (Å²) in [5.74, 6) is -0.883. The van der Waals surface area contributed by atoms with Gasteiger partial charge in [0.1, 0.15) is 5.29 Å². The van der Waals surface area contributed by atoms with Crippen molar-refractivity contribution in [2.24, 2.45) is 0 Å².